The minimum absolute atomic E-state index is 0.0955. The van der Waals surface area contributed by atoms with Gasteiger partial charge in [0.2, 0.25) is 5.91 Å². The predicted molar refractivity (Wildman–Crippen MR) is 91.0 cm³/mol. The molecule has 2 aliphatic heterocycles. The zero-order valence-corrected chi connectivity index (χ0v) is 14.2. The van der Waals surface area contributed by atoms with Crippen molar-refractivity contribution >= 4 is 5.91 Å². The second-order valence-corrected chi connectivity index (χ2v) is 7.42. The number of carbonyl (C=O) groups is 1. The molecular formula is C19H28N2O2. The molecule has 2 fully saturated rings. The van der Waals surface area contributed by atoms with Crippen LogP contribution < -0.4 is 0 Å². The number of piperidine rings is 2. The number of nitrogens with zero attached hydrogens (tertiary/aromatic N) is 2. The highest BCUT2D eigenvalue weighted by atomic mass is 16.3. The van der Waals surface area contributed by atoms with Crippen LogP contribution in [0.4, 0.5) is 0 Å². The van der Waals surface area contributed by atoms with Gasteiger partial charge >= 0.3 is 0 Å². The van der Waals surface area contributed by atoms with Gasteiger partial charge < -0.3 is 14.9 Å². The molecule has 4 heteroatoms. The molecule has 3 unspecified atom stereocenters. The highest BCUT2D eigenvalue weighted by Gasteiger charge is 2.39. The fourth-order valence-corrected chi connectivity index (χ4v) is 4.19. The minimum atomic E-state index is -1.10. The second kappa shape index (κ2) is 6.62. The standard InChI is InChI=1S/C19H28N2O2/c1-19(23,16-8-4-3-5-9-16)13-18(22)21-11-6-7-15-14-20(2)12-10-17(15)21/h3-5,8-9,15,17,23H,6-7,10-14H2,1-2H3. The van der Waals surface area contributed by atoms with Crippen molar-refractivity contribution in [3.63, 3.8) is 0 Å². The SMILES string of the molecule is CN1CCC2C(CCCN2C(=O)CC(C)(O)c2ccccc2)C1. The van der Waals surface area contributed by atoms with Crippen molar-refractivity contribution in [1.29, 1.82) is 0 Å². The lowest BCUT2D eigenvalue weighted by atomic mass is 9.83. The van der Waals surface area contributed by atoms with E-state index in [9.17, 15) is 9.90 Å². The van der Waals surface area contributed by atoms with Crippen molar-refractivity contribution in [1.82, 2.24) is 9.80 Å². The van der Waals surface area contributed by atoms with Gasteiger partial charge in [0.25, 0.3) is 0 Å². The van der Waals surface area contributed by atoms with Gasteiger partial charge in [0.05, 0.1) is 12.0 Å². The molecule has 23 heavy (non-hydrogen) atoms. The van der Waals surface area contributed by atoms with Crippen molar-refractivity contribution in [2.45, 2.75) is 44.2 Å². The number of carbonyl (C=O) groups excluding carboxylic acids is 1. The highest BCUT2D eigenvalue weighted by molar-refractivity contribution is 5.78. The summed E-state index contributed by atoms with van der Waals surface area (Å²) in [7, 11) is 2.16. The van der Waals surface area contributed by atoms with Crippen molar-refractivity contribution in [3.05, 3.63) is 35.9 Å². The van der Waals surface area contributed by atoms with E-state index in [4.69, 9.17) is 0 Å². The van der Waals surface area contributed by atoms with Gasteiger partial charge in [-0.25, -0.2) is 0 Å². The maximum absolute atomic E-state index is 12.9. The molecule has 1 N–H and O–H groups in total. The van der Waals surface area contributed by atoms with Crippen LogP contribution in [0.1, 0.15) is 38.2 Å². The average molecular weight is 316 g/mol. The van der Waals surface area contributed by atoms with E-state index in [-0.39, 0.29) is 12.3 Å². The number of fused-ring (bicyclic) bond motifs is 1. The van der Waals surface area contributed by atoms with Gasteiger partial charge in [-0.05, 0) is 51.3 Å². The first kappa shape index (κ1) is 16.5. The molecule has 1 aromatic carbocycles. The fourth-order valence-electron chi connectivity index (χ4n) is 4.19. The Kier molecular flexibility index (Phi) is 4.74. The first-order valence-corrected chi connectivity index (χ1v) is 8.73. The number of aliphatic hydroxyl groups is 1. The Morgan fingerprint density at radius 1 is 1.26 bits per heavy atom. The highest BCUT2D eigenvalue weighted by Crippen LogP contribution is 2.32. The quantitative estimate of drug-likeness (QED) is 0.930. The summed E-state index contributed by atoms with van der Waals surface area (Å²) in [6, 6.07) is 9.88. The molecule has 0 spiro atoms. The summed E-state index contributed by atoms with van der Waals surface area (Å²) in [5.74, 6) is 0.686. The molecular weight excluding hydrogens is 288 g/mol. The molecule has 3 rings (SSSR count). The van der Waals surface area contributed by atoms with Gasteiger partial charge in [0.1, 0.15) is 0 Å². The number of rotatable bonds is 3. The van der Waals surface area contributed by atoms with Crippen molar-refractivity contribution in [2.24, 2.45) is 5.92 Å². The zero-order chi connectivity index (χ0) is 16.4. The van der Waals surface area contributed by atoms with Crippen LogP contribution in [-0.4, -0.2) is 53.5 Å². The Labute approximate surface area is 139 Å². The van der Waals surface area contributed by atoms with Crippen LogP contribution in [0.15, 0.2) is 30.3 Å². The first-order valence-electron chi connectivity index (χ1n) is 8.73. The van der Waals surface area contributed by atoms with Crippen molar-refractivity contribution in [2.75, 3.05) is 26.7 Å². The largest absolute Gasteiger partial charge is 0.385 e. The third-order valence-electron chi connectivity index (χ3n) is 5.48. The monoisotopic (exact) mass is 316 g/mol. The Morgan fingerprint density at radius 2 is 2.00 bits per heavy atom. The third kappa shape index (κ3) is 3.59. The van der Waals surface area contributed by atoms with Gasteiger partial charge in [-0.15, -0.1) is 0 Å². The van der Waals surface area contributed by atoms with E-state index in [1.165, 1.54) is 6.42 Å². The normalized spacial score (nSPS) is 28.0. The summed E-state index contributed by atoms with van der Waals surface area (Å²) in [4.78, 5) is 17.3. The molecule has 2 heterocycles. The Balaban J connectivity index is 1.70. The van der Waals surface area contributed by atoms with E-state index in [0.29, 0.717) is 12.0 Å². The van der Waals surface area contributed by atoms with E-state index in [2.05, 4.69) is 16.8 Å². The van der Waals surface area contributed by atoms with Gasteiger partial charge in [0, 0.05) is 19.1 Å². The molecule has 4 nitrogen and oxygen atoms in total. The summed E-state index contributed by atoms with van der Waals surface area (Å²) >= 11 is 0. The average Bonchev–Trinajstić information content (AvgIpc) is 2.54. The topological polar surface area (TPSA) is 43.8 Å². The van der Waals surface area contributed by atoms with Crippen molar-refractivity contribution in [3.8, 4) is 0 Å². The van der Waals surface area contributed by atoms with Gasteiger partial charge in [-0.2, -0.15) is 0 Å². The lowest BCUT2D eigenvalue weighted by Crippen LogP contribution is -2.55. The van der Waals surface area contributed by atoms with Gasteiger partial charge in [-0.3, -0.25) is 4.79 Å². The predicted octanol–water partition coefficient (Wildman–Crippen LogP) is 2.23. The van der Waals surface area contributed by atoms with Crippen LogP contribution in [0.5, 0.6) is 0 Å². The zero-order valence-electron chi connectivity index (χ0n) is 14.2. The molecule has 126 valence electrons. The molecule has 0 aromatic heterocycles. The van der Waals surface area contributed by atoms with Crippen LogP contribution in [-0.2, 0) is 10.4 Å². The number of benzene rings is 1. The number of likely N-dealkylation sites (tertiary alicyclic amines) is 2. The van der Waals surface area contributed by atoms with Crippen LogP contribution in [0.3, 0.4) is 0 Å². The van der Waals surface area contributed by atoms with Gasteiger partial charge in [-0.1, -0.05) is 30.3 Å². The first-order chi connectivity index (χ1) is 11.0. The molecule has 2 aliphatic rings. The summed E-state index contributed by atoms with van der Waals surface area (Å²) in [5.41, 5.74) is -0.290. The van der Waals surface area contributed by atoms with E-state index in [1.807, 2.05) is 30.3 Å². The van der Waals surface area contributed by atoms with E-state index in [1.54, 1.807) is 6.92 Å². The van der Waals surface area contributed by atoms with Crippen LogP contribution in [0, 0.1) is 5.92 Å². The summed E-state index contributed by atoms with van der Waals surface area (Å²) in [6.45, 7) is 4.73. The van der Waals surface area contributed by atoms with E-state index in [0.717, 1.165) is 38.0 Å². The summed E-state index contributed by atoms with van der Waals surface area (Å²) in [5, 5.41) is 10.8. The van der Waals surface area contributed by atoms with Gasteiger partial charge in [0.15, 0.2) is 0 Å². The maximum Gasteiger partial charge on any atom is 0.226 e. The van der Waals surface area contributed by atoms with Crippen LogP contribution in [0.25, 0.3) is 0 Å². The maximum atomic E-state index is 12.9. The molecule has 0 aliphatic carbocycles. The molecule has 1 amide bonds. The van der Waals surface area contributed by atoms with Crippen molar-refractivity contribution < 1.29 is 9.90 Å². The molecule has 2 saturated heterocycles. The Bertz CT molecular complexity index is 544. The Hall–Kier alpha value is -1.39. The minimum Gasteiger partial charge on any atom is -0.385 e. The second-order valence-electron chi connectivity index (χ2n) is 7.42. The fraction of sp³-hybridized carbons (Fsp3) is 0.632. The Morgan fingerprint density at radius 3 is 2.74 bits per heavy atom. The molecule has 0 radical (unpaired) electrons. The van der Waals surface area contributed by atoms with E-state index >= 15 is 0 Å². The van der Waals surface area contributed by atoms with Crippen LogP contribution in [0.2, 0.25) is 0 Å². The molecule has 3 atom stereocenters. The molecule has 0 saturated carbocycles. The number of hydrogen-bond donors (Lipinski definition) is 1. The number of amides is 1. The third-order valence-corrected chi connectivity index (χ3v) is 5.48. The smallest absolute Gasteiger partial charge is 0.226 e. The lowest BCUT2D eigenvalue weighted by molar-refractivity contribution is -0.143. The van der Waals surface area contributed by atoms with E-state index < -0.39 is 5.60 Å². The molecule has 0 bridgehead atoms. The lowest BCUT2D eigenvalue weighted by Gasteiger charge is -2.47. The number of hydrogen-bond acceptors (Lipinski definition) is 3. The molecule has 1 aromatic rings. The van der Waals surface area contributed by atoms with Crippen LogP contribution >= 0.6 is 0 Å². The summed E-state index contributed by atoms with van der Waals surface area (Å²) in [6.07, 6.45) is 3.51. The summed E-state index contributed by atoms with van der Waals surface area (Å²) < 4.78 is 0.